The van der Waals surface area contributed by atoms with E-state index in [9.17, 15) is 14.4 Å². The van der Waals surface area contributed by atoms with E-state index in [1.807, 2.05) is 0 Å². The largest absolute Gasteiger partial charge is 0.495 e. The molecule has 0 spiro atoms. The summed E-state index contributed by atoms with van der Waals surface area (Å²) in [6.45, 7) is 0. The van der Waals surface area contributed by atoms with Crippen LogP contribution in [0.1, 0.15) is 5.56 Å². The van der Waals surface area contributed by atoms with Crippen LogP contribution in [0.4, 0.5) is 10.5 Å². The van der Waals surface area contributed by atoms with Crippen molar-refractivity contribution >= 4 is 29.6 Å². The normalized spacial score (nSPS) is 15.1. The van der Waals surface area contributed by atoms with Gasteiger partial charge in [0.05, 0.1) is 34.1 Å². The molecule has 0 aliphatic carbocycles. The minimum Gasteiger partial charge on any atom is -0.495 e. The van der Waals surface area contributed by atoms with Crippen LogP contribution in [-0.4, -0.2) is 46.3 Å². The van der Waals surface area contributed by atoms with Crippen molar-refractivity contribution in [3.8, 4) is 23.0 Å². The Morgan fingerprint density at radius 1 is 0.833 bits per heavy atom. The Bertz CT molecular complexity index is 1020. The molecule has 30 heavy (non-hydrogen) atoms. The first-order valence-corrected chi connectivity index (χ1v) is 8.79. The molecule has 0 saturated carbocycles. The van der Waals surface area contributed by atoms with E-state index < -0.39 is 17.8 Å². The second-order valence-electron chi connectivity index (χ2n) is 6.09. The van der Waals surface area contributed by atoms with Gasteiger partial charge in [0.15, 0.2) is 11.5 Å². The summed E-state index contributed by atoms with van der Waals surface area (Å²) >= 11 is 0. The number of imide groups is 2. The summed E-state index contributed by atoms with van der Waals surface area (Å²) in [6, 6.07) is 8.80. The predicted octanol–water partition coefficient (Wildman–Crippen LogP) is 2.39. The highest BCUT2D eigenvalue weighted by atomic mass is 16.5. The number of amides is 4. The zero-order valence-electron chi connectivity index (χ0n) is 16.8. The highest BCUT2D eigenvalue weighted by molar-refractivity contribution is 6.39. The number of nitrogens with one attached hydrogen (secondary N) is 1. The summed E-state index contributed by atoms with van der Waals surface area (Å²) in [6.07, 6.45) is 1.34. The molecule has 2 aromatic carbocycles. The topological polar surface area (TPSA) is 103 Å². The summed E-state index contributed by atoms with van der Waals surface area (Å²) in [5.74, 6) is -0.225. The van der Waals surface area contributed by atoms with E-state index in [2.05, 4.69) is 5.32 Å². The predicted molar refractivity (Wildman–Crippen MR) is 108 cm³/mol. The fraction of sp³-hybridized carbons (Fsp3) is 0.190. The summed E-state index contributed by atoms with van der Waals surface area (Å²) in [4.78, 5) is 38.8. The molecule has 0 aromatic heterocycles. The fourth-order valence-electron chi connectivity index (χ4n) is 3.04. The van der Waals surface area contributed by atoms with Crippen LogP contribution in [0.25, 0.3) is 6.08 Å². The summed E-state index contributed by atoms with van der Waals surface area (Å²) in [5, 5.41) is 2.18. The zero-order chi connectivity index (χ0) is 21.8. The maximum absolute atomic E-state index is 13.1. The smallest absolute Gasteiger partial charge is 0.336 e. The van der Waals surface area contributed by atoms with Crippen LogP contribution in [0.15, 0.2) is 42.0 Å². The molecule has 0 unspecified atom stereocenters. The summed E-state index contributed by atoms with van der Waals surface area (Å²) in [5.41, 5.74) is 0.415. The molecular weight excluding hydrogens is 392 g/mol. The number of hydrogen-bond donors (Lipinski definition) is 1. The minimum absolute atomic E-state index is 0.214. The van der Waals surface area contributed by atoms with Gasteiger partial charge >= 0.3 is 6.03 Å². The molecular formula is C21H20N2O7. The average Bonchev–Trinajstić information content (AvgIpc) is 2.75. The molecule has 0 atom stereocenters. The number of anilines is 1. The Kier molecular flexibility index (Phi) is 5.91. The van der Waals surface area contributed by atoms with Crippen molar-refractivity contribution < 1.29 is 33.3 Å². The van der Waals surface area contributed by atoms with Gasteiger partial charge in [-0.1, -0.05) is 12.1 Å². The number of hydrogen-bond acceptors (Lipinski definition) is 7. The number of urea groups is 1. The molecule has 1 aliphatic rings. The molecule has 3 rings (SSSR count). The minimum atomic E-state index is -0.864. The van der Waals surface area contributed by atoms with Gasteiger partial charge in [-0.2, -0.15) is 0 Å². The lowest BCUT2D eigenvalue weighted by atomic mass is 10.1. The quantitative estimate of drug-likeness (QED) is 0.574. The van der Waals surface area contributed by atoms with Crippen molar-refractivity contribution in [3.63, 3.8) is 0 Å². The molecule has 0 bridgehead atoms. The molecule has 9 nitrogen and oxygen atoms in total. The van der Waals surface area contributed by atoms with E-state index >= 15 is 0 Å². The number of carbonyl (C=O) groups is 3. The van der Waals surface area contributed by atoms with Gasteiger partial charge in [0.2, 0.25) is 5.75 Å². The van der Waals surface area contributed by atoms with Gasteiger partial charge in [-0.05, 0) is 35.9 Å². The molecule has 9 heteroatoms. The maximum atomic E-state index is 13.1. The molecule has 2 aromatic rings. The van der Waals surface area contributed by atoms with E-state index in [1.165, 1.54) is 34.5 Å². The maximum Gasteiger partial charge on any atom is 0.336 e. The monoisotopic (exact) mass is 412 g/mol. The Morgan fingerprint density at radius 2 is 1.43 bits per heavy atom. The van der Waals surface area contributed by atoms with Crippen LogP contribution >= 0.6 is 0 Å². The van der Waals surface area contributed by atoms with Crippen molar-refractivity contribution in [1.29, 1.82) is 0 Å². The lowest BCUT2D eigenvalue weighted by Gasteiger charge is -2.27. The van der Waals surface area contributed by atoms with Crippen molar-refractivity contribution in [2.45, 2.75) is 0 Å². The van der Waals surface area contributed by atoms with Crippen LogP contribution in [0.2, 0.25) is 0 Å². The van der Waals surface area contributed by atoms with E-state index in [0.717, 1.165) is 4.90 Å². The first-order chi connectivity index (χ1) is 14.4. The van der Waals surface area contributed by atoms with Crippen LogP contribution < -0.4 is 29.2 Å². The third-order valence-corrected chi connectivity index (χ3v) is 4.43. The Hall–Kier alpha value is -4.01. The van der Waals surface area contributed by atoms with Gasteiger partial charge in [0, 0.05) is 0 Å². The number of methoxy groups -OCH3 is 4. The molecule has 156 valence electrons. The first kappa shape index (κ1) is 20.7. The molecule has 1 fully saturated rings. The lowest BCUT2D eigenvalue weighted by molar-refractivity contribution is -0.122. The summed E-state index contributed by atoms with van der Waals surface area (Å²) in [7, 11) is 5.79. The first-order valence-electron chi connectivity index (χ1n) is 8.79. The van der Waals surface area contributed by atoms with Crippen molar-refractivity contribution in [1.82, 2.24) is 5.32 Å². The van der Waals surface area contributed by atoms with Crippen LogP contribution in [0.5, 0.6) is 23.0 Å². The number of carbonyl (C=O) groups excluding carboxylic acids is 3. The molecule has 1 heterocycles. The van der Waals surface area contributed by atoms with E-state index in [4.69, 9.17) is 18.9 Å². The van der Waals surface area contributed by atoms with Crippen LogP contribution in [-0.2, 0) is 9.59 Å². The highest BCUT2D eigenvalue weighted by Crippen LogP contribution is 2.39. The second-order valence-corrected chi connectivity index (χ2v) is 6.09. The molecule has 1 N–H and O–H groups in total. The van der Waals surface area contributed by atoms with Crippen LogP contribution in [0, 0.1) is 0 Å². The third-order valence-electron chi connectivity index (χ3n) is 4.43. The van der Waals surface area contributed by atoms with E-state index in [-0.39, 0.29) is 11.3 Å². The SMILES string of the molecule is COc1ccccc1N1C(=O)NC(=O)/C(=C/c2cc(OC)c(OC)c(OC)c2)C1=O. The number of para-hydroxylation sites is 2. The second kappa shape index (κ2) is 8.56. The number of benzene rings is 2. The van der Waals surface area contributed by atoms with Gasteiger partial charge in [0.25, 0.3) is 11.8 Å². The van der Waals surface area contributed by atoms with Gasteiger partial charge < -0.3 is 18.9 Å². The van der Waals surface area contributed by atoms with Gasteiger partial charge in [-0.3, -0.25) is 14.9 Å². The Balaban J connectivity index is 2.09. The molecule has 1 aliphatic heterocycles. The van der Waals surface area contributed by atoms with Crippen LogP contribution in [0.3, 0.4) is 0 Å². The lowest BCUT2D eigenvalue weighted by Crippen LogP contribution is -2.54. The number of rotatable bonds is 6. The molecule has 1 saturated heterocycles. The standard InChI is InChI=1S/C21H20N2O7/c1-27-15-8-6-5-7-14(15)23-20(25)13(19(24)22-21(23)26)9-12-10-16(28-2)18(30-4)17(11-12)29-3/h5-11H,1-4H3,(H,22,24,26)/b13-9-. The fourth-order valence-corrected chi connectivity index (χ4v) is 3.04. The zero-order valence-corrected chi connectivity index (χ0v) is 16.8. The Labute approximate surface area is 172 Å². The Morgan fingerprint density at radius 3 is 2.00 bits per heavy atom. The average molecular weight is 412 g/mol. The molecule has 4 amide bonds. The van der Waals surface area contributed by atoms with E-state index in [1.54, 1.807) is 36.4 Å². The highest BCUT2D eigenvalue weighted by Gasteiger charge is 2.38. The number of ether oxygens (including phenoxy) is 4. The molecule has 0 radical (unpaired) electrons. The third kappa shape index (κ3) is 3.64. The van der Waals surface area contributed by atoms with Crippen molar-refractivity contribution in [2.75, 3.05) is 33.3 Å². The van der Waals surface area contributed by atoms with Gasteiger partial charge in [-0.25, -0.2) is 9.69 Å². The van der Waals surface area contributed by atoms with Crippen molar-refractivity contribution in [2.24, 2.45) is 0 Å². The van der Waals surface area contributed by atoms with Crippen molar-refractivity contribution in [3.05, 3.63) is 47.5 Å². The summed E-state index contributed by atoms with van der Waals surface area (Å²) < 4.78 is 21.1. The van der Waals surface area contributed by atoms with Gasteiger partial charge in [0.1, 0.15) is 11.3 Å². The number of barbiturate groups is 1. The number of nitrogens with zero attached hydrogens (tertiary/aromatic N) is 1. The van der Waals surface area contributed by atoms with Gasteiger partial charge in [-0.15, -0.1) is 0 Å². The van der Waals surface area contributed by atoms with E-state index in [0.29, 0.717) is 28.6 Å².